The molecule has 1 aromatic carbocycles. The van der Waals surface area contributed by atoms with Gasteiger partial charge in [0.15, 0.2) is 5.82 Å². The van der Waals surface area contributed by atoms with Crippen molar-refractivity contribution in [2.45, 2.75) is 27.2 Å². The number of nitrogens with two attached hydrogens (primary N) is 1. The summed E-state index contributed by atoms with van der Waals surface area (Å²) in [6, 6.07) is 4.09. The van der Waals surface area contributed by atoms with Crippen molar-refractivity contribution in [3.63, 3.8) is 0 Å². The van der Waals surface area contributed by atoms with E-state index in [1.807, 2.05) is 32.9 Å². The standard InChI is InChI=1S/C13H15BrN4/c1-4-10-16-12(18-13(15)17-10)9-5-7(2)11(14)8(3)6-9/h5-6H,4H2,1-3H3,(H2,15,16,17,18). The average molecular weight is 307 g/mol. The molecule has 94 valence electrons. The summed E-state index contributed by atoms with van der Waals surface area (Å²) < 4.78 is 1.11. The molecule has 0 bridgehead atoms. The second kappa shape index (κ2) is 5.02. The van der Waals surface area contributed by atoms with E-state index in [9.17, 15) is 0 Å². The zero-order chi connectivity index (χ0) is 13.3. The number of halogens is 1. The number of aryl methyl sites for hydroxylation is 3. The van der Waals surface area contributed by atoms with E-state index >= 15 is 0 Å². The van der Waals surface area contributed by atoms with Gasteiger partial charge in [-0.1, -0.05) is 22.9 Å². The van der Waals surface area contributed by atoms with Crippen molar-refractivity contribution in [1.29, 1.82) is 0 Å². The van der Waals surface area contributed by atoms with E-state index in [1.54, 1.807) is 0 Å². The van der Waals surface area contributed by atoms with E-state index in [4.69, 9.17) is 5.73 Å². The second-order valence-electron chi connectivity index (χ2n) is 4.21. The highest BCUT2D eigenvalue weighted by atomic mass is 79.9. The van der Waals surface area contributed by atoms with Crippen molar-refractivity contribution in [2.24, 2.45) is 0 Å². The maximum atomic E-state index is 5.71. The van der Waals surface area contributed by atoms with Crippen molar-refractivity contribution in [1.82, 2.24) is 15.0 Å². The van der Waals surface area contributed by atoms with Gasteiger partial charge >= 0.3 is 0 Å². The van der Waals surface area contributed by atoms with Crippen molar-refractivity contribution in [3.05, 3.63) is 33.6 Å². The highest BCUT2D eigenvalue weighted by Crippen LogP contribution is 2.27. The molecule has 0 amide bonds. The third-order valence-electron chi connectivity index (χ3n) is 2.71. The van der Waals surface area contributed by atoms with Crippen molar-refractivity contribution in [2.75, 3.05) is 5.73 Å². The number of nitrogen functional groups attached to an aromatic ring is 1. The predicted octanol–water partition coefficient (Wildman–Crippen LogP) is 3.06. The fraction of sp³-hybridized carbons (Fsp3) is 0.308. The quantitative estimate of drug-likeness (QED) is 0.926. The molecular weight excluding hydrogens is 292 g/mol. The Labute approximate surface area is 115 Å². The Morgan fingerprint density at radius 1 is 1.11 bits per heavy atom. The highest BCUT2D eigenvalue weighted by molar-refractivity contribution is 9.10. The van der Waals surface area contributed by atoms with Gasteiger partial charge < -0.3 is 5.73 Å². The monoisotopic (exact) mass is 306 g/mol. The molecule has 2 rings (SSSR count). The van der Waals surface area contributed by atoms with Gasteiger partial charge in [0.1, 0.15) is 5.82 Å². The summed E-state index contributed by atoms with van der Waals surface area (Å²) in [6.45, 7) is 6.09. The maximum Gasteiger partial charge on any atom is 0.223 e. The SMILES string of the molecule is CCc1nc(N)nc(-c2cc(C)c(Br)c(C)c2)n1. The first-order valence-electron chi connectivity index (χ1n) is 5.78. The molecule has 0 fully saturated rings. The van der Waals surface area contributed by atoms with Crippen LogP contribution in [-0.4, -0.2) is 15.0 Å². The molecule has 1 heterocycles. The second-order valence-corrected chi connectivity index (χ2v) is 5.00. The summed E-state index contributed by atoms with van der Waals surface area (Å²) >= 11 is 3.55. The summed E-state index contributed by atoms with van der Waals surface area (Å²) in [4.78, 5) is 12.7. The van der Waals surface area contributed by atoms with Crippen LogP contribution in [0.1, 0.15) is 23.9 Å². The molecule has 0 saturated heterocycles. The predicted molar refractivity (Wildman–Crippen MR) is 76.2 cm³/mol. The van der Waals surface area contributed by atoms with Crippen LogP contribution in [0.2, 0.25) is 0 Å². The van der Waals surface area contributed by atoms with E-state index in [-0.39, 0.29) is 5.95 Å². The molecule has 0 atom stereocenters. The summed E-state index contributed by atoms with van der Waals surface area (Å²) in [5, 5.41) is 0. The minimum Gasteiger partial charge on any atom is -0.368 e. The minimum absolute atomic E-state index is 0.273. The van der Waals surface area contributed by atoms with Gasteiger partial charge in [-0.2, -0.15) is 9.97 Å². The number of benzene rings is 1. The molecule has 0 saturated carbocycles. The van der Waals surface area contributed by atoms with Crippen LogP contribution in [0, 0.1) is 13.8 Å². The number of rotatable bonds is 2. The Balaban J connectivity index is 2.58. The Morgan fingerprint density at radius 3 is 2.28 bits per heavy atom. The number of nitrogens with zero attached hydrogens (tertiary/aromatic N) is 3. The zero-order valence-corrected chi connectivity index (χ0v) is 12.2. The van der Waals surface area contributed by atoms with Gasteiger partial charge in [-0.15, -0.1) is 0 Å². The van der Waals surface area contributed by atoms with Crippen LogP contribution in [0.25, 0.3) is 11.4 Å². The van der Waals surface area contributed by atoms with Crippen LogP contribution in [0.5, 0.6) is 0 Å². The lowest BCUT2D eigenvalue weighted by molar-refractivity contribution is 0.913. The van der Waals surface area contributed by atoms with Crippen LogP contribution >= 0.6 is 15.9 Å². The molecule has 2 aromatic rings. The number of anilines is 1. The first-order valence-corrected chi connectivity index (χ1v) is 6.58. The zero-order valence-electron chi connectivity index (χ0n) is 10.7. The number of hydrogen-bond acceptors (Lipinski definition) is 4. The molecule has 0 unspecified atom stereocenters. The molecule has 1 aromatic heterocycles. The van der Waals surface area contributed by atoms with Gasteiger partial charge in [-0.25, -0.2) is 4.98 Å². The molecule has 0 radical (unpaired) electrons. The van der Waals surface area contributed by atoms with Gasteiger partial charge in [-0.05, 0) is 37.1 Å². The first-order chi connectivity index (χ1) is 8.51. The van der Waals surface area contributed by atoms with Crippen LogP contribution in [0.3, 0.4) is 0 Å². The third kappa shape index (κ3) is 2.51. The Bertz CT molecular complexity index is 573. The van der Waals surface area contributed by atoms with E-state index in [0.717, 1.165) is 33.4 Å². The molecule has 0 aliphatic carbocycles. The van der Waals surface area contributed by atoms with Crippen LogP contribution < -0.4 is 5.73 Å². The van der Waals surface area contributed by atoms with Crippen LogP contribution in [-0.2, 0) is 6.42 Å². The summed E-state index contributed by atoms with van der Waals surface area (Å²) in [6.07, 6.45) is 0.744. The topological polar surface area (TPSA) is 64.7 Å². The third-order valence-corrected chi connectivity index (χ3v) is 3.96. The highest BCUT2D eigenvalue weighted by Gasteiger charge is 2.09. The number of aromatic nitrogens is 3. The Morgan fingerprint density at radius 2 is 1.72 bits per heavy atom. The average Bonchev–Trinajstić information content (AvgIpc) is 2.34. The van der Waals surface area contributed by atoms with Gasteiger partial charge in [0, 0.05) is 16.5 Å². The van der Waals surface area contributed by atoms with Crippen molar-refractivity contribution >= 4 is 21.9 Å². The normalized spacial score (nSPS) is 10.7. The van der Waals surface area contributed by atoms with Gasteiger partial charge in [0.2, 0.25) is 5.95 Å². The van der Waals surface area contributed by atoms with Gasteiger partial charge in [0.05, 0.1) is 0 Å². The summed E-state index contributed by atoms with van der Waals surface area (Å²) in [5.41, 5.74) is 8.99. The fourth-order valence-electron chi connectivity index (χ4n) is 1.80. The molecule has 0 aliphatic rings. The largest absolute Gasteiger partial charge is 0.368 e. The Hall–Kier alpha value is -1.49. The van der Waals surface area contributed by atoms with Crippen LogP contribution in [0.4, 0.5) is 5.95 Å². The molecule has 0 aliphatic heterocycles. The lowest BCUT2D eigenvalue weighted by Crippen LogP contribution is -2.04. The molecule has 5 heteroatoms. The first kappa shape index (κ1) is 13.0. The molecule has 4 nitrogen and oxygen atoms in total. The number of hydrogen-bond donors (Lipinski definition) is 1. The lowest BCUT2D eigenvalue weighted by atomic mass is 10.1. The van der Waals surface area contributed by atoms with Crippen molar-refractivity contribution < 1.29 is 0 Å². The summed E-state index contributed by atoms with van der Waals surface area (Å²) in [5.74, 6) is 1.63. The molecule has 0 spiro atoms. The molecular formula is C13H15BrN4. The molecule has 18 heavy (non-hydrogen) atoms. The van der Waals surface area contributed by atoms with Gasteiger partial charge in [-0.3, -0.25) is 0 Å². The smallest absolute Gasteiger partial charge is 0.223 e. The van der Waals surface area contributed by atoms with Crippen LogP contribution in [0.15, 0.2) is 16.6 Å². The molecule has 2 N–H and O–H groups in total. The van der Waals surface area contributed by atoms with E-state index in [0.29, 0.717) is 5.82 Å². The maximum absolute atomic E-state index is 5.71. The van der Waals surface area contributed by atoms with Gasteiger partial charge in [0.25, 0.3) is 0 Å². The fourth-order valence-corrected chi connectivity index (χ4v) is 2.03. The van der Waals surface area contributed by atoms with E-state index < -0.39 is 0 Å². The lowest BCUT2D eigenvalue weighted by Gasteiger charge is -2.08. The Kier molecular flexibility index (Phi) is 3.61. The van der Waals surface area contributed by atoms with Crippen molar-refractivity contribution in [3.8, 4) is 11.4 Å². The summed E-state index contributed by atoms with van der Waals surface area (Å²) in [7, 11) is 0. The minimum atomic E-state index is 0.273. The van der Waals surface area contributed by atoms with E-state index in [2.05, 4.69) is 30.9 Å². The van der Waals surface area contributed by atoms with E-state index in [1.165, 1.54) is 0 Å².